The predicted octanol–water partition coefficient (Wildman–Crippen LogP) is 5.59. The van der Waals surface area contributed by atoms with Crippen molar-refractivity contribution in [1.82, 2.24) is 5.32 Å². The van der Waals surface area contributed by atoms with E-state index in [9.17, 15) is 9.18 Å². The Hall–Kier alpha value is -1.62. The molecule has 1 amide bonds. The molecule has 118 valence electrons. The lowest BCUT2D eigenvalue weighted by Gasteiger charge is -2.07. The Bertz CT molecular complexity index is 907. The van der Waals surface area contributed by atoms with Gasteiger partial charge in [-0.1, -0.05) is 35.3 Å². The van der Waals surface area contributed by atoms with Gasteiger partial charge in [0.05, 0.1) is 4.88 Å². The summed E-state index contributed by atoms with van der Waals surface area (Å²) in [5, 5.41) is 4.36. The van der Waals surface area contributed by atoms with E-state index >= 15 is 0 Å². The third-order valence-electron chi connectivity index (χ3n) is 3.56. The van der Waals surface area contributed by atoms with Gasteiger partial charge in [-0.25, -0.2) is 4.39 Å². The number of fused-ring (bicyclic) bond motifs is 1. The van der Waals surface area contributed by atoms with Crippen LogP contribution in [0, 0.1) is 12.7 Å². The number of benzene rings is 2. The summed E-state index contributed by atoms with van der Waals surface area (Å²) in [5.74, 6) is -0.551. The minimum absolute atomic E-state index is 0.242. The zero-order chi connectivity index (χ0) is 16.6. The molecule has 2 aromatic carbocycles. The maximum atomic E-state index is 13.9. The van der Waals surface area contributed by atoms with Crippen molar-refractivity contribution in [3.8, 4) is 0 Å². The zero-order valence-electron chi connectivity index (χ0n) is 12.1. The lowest BCUT2D eigenvalue weighted by molar-refractivity contribution is 0.0954. The van der Waals surface area contributed by atoms with Gasteiger partial charge in [0.25, 0.3) is 5.91 Å². The smallest absolute Gasteiger partial charge is 0.261 e. The summed E-state index contributed by atoms with van der Waals surface area (Å²) in [4.78, 5) is 12.9. The molecule has 23 heavy (non-hydrogen) atoms. The first kappa shape index (κ1) is 16.2. The number of carbonyl (C=O) groups is 1. The SMILES string of the molecule is Cc1c(C(=O)NCc2ccc(Cl)cc2Cl)sc2cccc(F)c12. The average molecular weight is 368 g/mol. The molecule has 0 saturated heterocycles. The van der Waals surface area contributed by atoms with Crippen molar-refractivity contribution in [2.75, 3.05) is 0 Å². The molecule has 3 aromatic rings. The fourth-order valence-electron chi connectivity index (χ4n) is 2.39. The molecule has 2 nitrogen and oxygen atoms in total. The lowest BCUT2D eigenvalue weighted by Crippen LogP contribution is -2.22. The first-order chi connectivity index (χ1) is 11.0. The van der Waals surface area contributed by atoms with Gasteiger partial charge in [-0.15, -0.1) is 11.3 Å². The van der Waals surface area contributed by atoms with Crippen molar-refractivity contribution >= 4 is 50.5 Å². The third-order valence-corrected chi connectivity index (χ3v) is 5.41. The average Bonchev–Trinajstić information content (AvgIpc) is 2.84. The van der Waals surface area contributed by atoms with Crippen LogP contribution in [0.15, 0.2) is 36.4 Å². The maximum absolute atomic E-state index is 13.9. The fourth-order valence-corrected chi connectivity index (χ4v) is 4.01. The Morgan fingerprint density at radius 2 is 2.04 bits per heavy atom. The highest BCUT2D eigenvalue weighted by atomic mass is 35.5. The van der Waals surface area contributed by atoms with Gasteiger partial charge in [0.15, 0.2) is 0 Å². The summed E-state index contributed by atoms with van der Waals surface area (Å²) < 4.78 is 14.7. The summed E-state index contributed by atoms with van der Waals surface area (Å²) in [6.45, 7) is 2.04. The molecule has 1 aromatic heterocycles. The standard InChI is InChI=1S/C17H12Cl2FNOS/c1-9-15-13(20)3-2-4-14(15)23-16(9)17(22)21-8-10-5-6-11(18)7-12(10)19/h2-7H,8H2,1H3,(H,21,22). The molecule has 0 saturated carbocycles. The highest BCUT2D eigenvalue weighted by Gasteiger charge is 2.17. The molecule has 3 rings (SSSR count). The molecule has 0 aliphatic heterocycles. The van der Waals surface area contributed by atoms with Crippen LogP contribution in [0.4, 0.5) is 4.39 Å². The first-order valence-corrected chi connectivity index (χ1v) is 8.44. The summed E-state index contributed by atoms with van der Waals surface area (Å²) in [7, 11) is 0. The van der Waals surface area contributed by atoms with Gasteiger partial charge < -0.3 is 5.32 Å². The highest BCUT2D eigenvalue weighted by molar-refractivity contribution is 7.21. The molecule has 0 fully saturated rings. The van der Waals surface area contributed by atoms with Crippen LogP contribution in [0.3, 0.4) is 0 Å². The van der Waals surface area contributed by atoms with Gasteiger partial charge in [0.1, 0.15) is 5.82 Å². The monoisotopic (exact) mass is 367 g/mol. The van der Waals surface area contributed by atoms with Gasteiger partial charge in [-0.3, -0.25) is 4.79 Å². The second kappa shape index (κ2) is 6.48. The number of hydrogen-bond acceptors (Lipinski definition) is 2. The minimum Gasteiger partial charge on any atom is -0.347 e. The predicted molar refractivity (Wildman–Crippen MR) is 94.2 cm³/mol. The van der Waals surface area contributed by atoms with E-state index in [0.29, 0.717) is 25.9 Å². The van der Waals surface area contributed by atoms with E-state index in [4.69, 9.17) is 23.2 Å². The Morgan fingerprint density at radius 1 is 1.26 bits per heavy atom. The number of hydrogen-bond donors (Lipinski definition) is 1. The summed E-state index contributed by atoms with van der Waals surface area (Å²) in [5.41, 5.74) is 1.43. The molecular formula is C17H12Cl2FNOS. The fraction of sp³-hybridized carbons (Fsp3) is 0.118. The number of aryl methyl sites for hydroxylation is 1. The number of halogens is 3. The molecule has 0 aliphatic rings. The molecular weight excluding hydrogens is 356 g/mol. The van der Waals surface area contributed by atoms with Crippen molar-refractivity contribution < 1.29 is 9.18 Å². The summed E-state index contributed by atoms with van der Waals surface area (Å²) in [6.07, 6.45) is 0. The largest absolute Gasteiger partial charge is 0.347 e. The second-order valence-electron chi connectivity index (χ2n) is 5.09. The zero-order valence-corrected chi connectivity index (χ0v) is 14.4. The van der Waals surface area contributed by atoms with E-state index in [1.807, 2.05) is 6.07 Å². The molecule has 0 aliphatic carbocycles. The van der Waals surface area contributed by atoms with Gasteiger partial charge in [0, 0.05) is 26.7 Å². The first-order valence-electron chi connectivity index (χ1n) is 6.87. The normalized spacial score (nSPS) is 11.0. The Morgan fingerprint density at radius 3 is 2.74 bits per heavy atom. The van der Waals surface area contributed by atoms with Crippen LogP contribution in [0.1, 0.15) is 20.8 Å². The van der Waals surface area contributed by atoms with Crippen molar-refractivity contribution in [2.45, 2.75) is 13.5 Å². The molecule has 0 spiro atoms. The summed E-state index contributed by atoms with van der Waals surface area (Å²) in [6, 6.07) is 9.96. The number of rotatable bonds is 3. The number of thiophene rings is 1. The Labute approximate surface area is 146 Å². The van der Waals surface area contributed by atoms with Gasteiger partial charge in [-0.2, -0.15) is 0 Å². The third kappa shape index (κ3) is 3.20. The van der Waals surface area contributed by atoms with Crippen molar-refractivity contribution in [2.24, 2.45) is 0 Å². The van der Waals surface area contributed by atoms with Crippen LogP contribution in [-0.2, 0) is 6.54 Å². The summed E-state index contributed by atoms with van der Waals surface area (Å²) >= 11 is 13.2. The lowest BCUT2D eigenvalue weighted by atomic mass is 10.1. The minimum atomic E-state index is -0.309. The van der Waals surface area contributed by atoms with Crippen LogP contribution in [-0.4, -0.2) is 5.91 Å². The Kier molecular flexibility index (Phi) is 4.57. The molecule has 0 atom stereocenters. The van der Waals surface area contributed by atoms with E-state index in [1.54, 1.807) is 31.2 Å². The van der Waals surface area contributed by atoms with E-state index in [2.05, 4.69) is 5.32 Å². The molecule has 0 unspecified atom stereocenters. The van der Waals surface area contributed by atoms with Gasteiger partial charge in [0.2, 0.25) is 0 Å². The van der Waals surface area contributed by atoms with Crippen LogP contribution < -0.4 is 5.32 Å². The quantitative estimate of drug-likeness (QED) is 0.642. The van der Waals surface area contributed by atoms with Crippen LogP contribution in [0.5, 0.6) is 0 Å². The van der Waals surface area contributed by atoms with Crippen LogP contribution in [0.25, 0.3) is 10.1 Å². The Balaban J connectivity index is 1.84. The second-order valence-corrected chi connectivity index (χ2v) is 6.98. The molecule has 1 N–H and O–H groups in total. The van der Waals surface area contributed by atoms with E-state index in [1.165, 1.54) is 17.4 Å². The highest BCUT2D eigenvalue weighted by Crippen LogP contribution is 2.32. The number of nitrogens with one attached hydrogen (secondary N) is 1. The van der Waals surface area contributed by atoms with Gasteiger partial charge >= 0.3 is 0 Å². The molecule has 0 radical (unpaired) electrons. The number of amides is 1. The maximum Gasteiger partial charge on any atom is 0.261 e. The topological polar surface area (TPSA) is 29.1 Å². The van der Waals surface area contributed by atoms with Gasteiger partial charge in [-0.05, 0) is 42.3 Å². The molecule has 0 bridgehead atoms. The van der Waals surface area contributed by atoms with Crippen LogP contribution in [0.2, 0.25) is 10.0 Å². The van der Waals surface area contributed by atoms with E-state index < -0.39 is 0 Å². The van der Waals surface area contributed by atoms with Crippen LogP contribution >= 0.6 is 34.5 Å². The number of carbonyl (C=O) groups excluding carboxylic acids is 1. The van der Waals surface area contributed by atoms with E-state index in [0.717, 1.165) is 10.3 Å². The molecule has 6 heteroatoms. The van der Waals surface area contributed by atoms with Crippen molar-refractivity contribution in [3.05, 3.63) is 68.3 Å². The van der Waals surface area contributed by atoms with Crippen molar-refractivity contribution in [1.29, 1.82) is 0 Å². The van der Waals surface area contributed by atoms with E-state index in [-0.39, 0.29) is 18.3 Å². The molecule has 1 heterocycles. The van der Waals surface area contributed by atoms with Crippen molar-refractivity contribution in [3.63, 3.8) is 0 Å².